The van der Waals surface area contributed by atoms with E-state index in [9.17, 15) is 4.79 Å². The second-order valence-electron chi connectivity index (χ2n) is 4.67. The van der Waals surface area contributed by atoms with Crippen LogP contribution in [-0.4, -0.2) is 20.4 Å². The number of imidazole rings is 1. The second-order valence-corrected chi connectivity index (χ2v) is 4.67. The fourth-order valence-corrected chi connectivity index (χ4v) is 2.32. The SMILES string of the molecule is Cc1ccc(C(N)=O)c(-n2c(C)nc3ccccc32)n1. The fourth-order valence-electron chi connectivity index (χ4n) is 2.32. The largest absolute Gasteiger partial charge is 0.365 e. The summed E-state index contributed by atoms with van der Waals surface area (Å²) in [5.74, 6) is 0.806. The van der Waals surface area contributed by atoms with E-state index in [-0.39, 0.29) is 0 Å². The number of hydrogen-bond acceptors (Lipinski definition) is 3. The number of aromatic nitrogens is 3. The van der Waals surface area contributed by atoms with Gasteiger partial charge in [-0.3, -0.25) is 9.36 Å². The number of para-hydroxylation sites is 2. The van der Waals surface area contributed by atoms with E-state index in [1.807, 2.05) is 42.7 Å². The van der Waals surface area contributed by atoms with E-state index in [0.29, 0.717) is 11.4 Å². The molecule has 0 aliphatic heterocycles. The van der Waals surface area contributed by atoms with Crippen LogP contribution in [-0.2, 0) is 0 Å². The number of fused-ring (bicyclic) bond motifs is 1. The third-order valence-corrected chi connectivity index (χ3v) is 3.22. The van der Waals surface area contributed by atoms with Crippen molar-refractivity contribution >= 4 is 16.9 Å². The Hall–Kier alpha value is -2.69. The number of carbonyl (C=O) groups is 1. The molecule has 0 radical (unpaired) electrons. The van der Waals surface area contributed by atoms with Crippen LogP contribution in [0, 0.1) is 13.8 Å². The van der Waals surface area contributed by atoms with Gasteiger partial charge in [0, 0.05) is 5.69 Å². The zero-order chi connectivity index (χ0) is 14.3. The summed E-state index contributed by atoms with van der Waals surface area (Å²) in [6, 6.07) is 11.2. The molecule has 2 N–H and O–H groups in total. The van der Waals surface area contributed by atoms with Gasteiger partial charge in [0.1, 0.15) is 5.82 Å². The number of rotatable bonds is 2. The van der Waals surface area contributed by atoms with Crippen molar-refractivity contribution in [3.8, 4) is 5.82 Å². The van der Waals surface area contributed by atoms with Crippen molar-refractivity contribution in [3.63, 3.8) is 0 Å². The average molecular weight is 266 g/mol. The van der Waals surface area contributed by atoms with Crippen LogP contribution < -0.4 is 5.73 Å². The van der Waals surface area contributed by atoms with E-state index >= 15 is 0 Å². The molecule has 0 aliphatic rings. The number of primary amides is 1. The monoisotopic (exact) mass is 266 g/mol. The summed E-state index contributed by atoms with van der Waals surface area (Å²) in [6.45, 7) is 3.76. The van der Waals surface area contributed by atoms with Crippen LogP contribution in [0.4, 0.5) is 0 Å². The third-order valence-electron chi connectivity index (χ3n) is 3.22. The lowest BCUT2D eigenvalue weighted by molar-refractivity contribution is 0.1000. The van der Waals surface area contributed by atoms with Crippen LogP contribution in [0.5, 0.6) is 0 Å². The highest BCUT2D eigenvalue weighted by molar-refractivity contribution is 5.96. The number of amides is 1. The highest BCUT2D eigenvalue weighted by Crippen LogP contribution is 2.22. The van der Waals surface area contributed by atoms with Gasteiger partial charge in [0.15, 0.2) is 5.82 Å². The molecule has 20 heavy (non-hydrogen) atoms. The average Bonchev–Trinajstić information content (AvgIpc) is 2.73. The van der Waals surface area contributed by atoms with Gasteiger partial charge in [-0.2, -0.15) is 0 Å². The number of aryl methyl sites for hydroxylation is 2. The zero-order valence-electron chi connectivity index (χ0n) is 11.3. The Morgan fingerprint density at radius 3 is 2.60 bits per heavy atom. The summed E-state index contributed by atoms with van der Waals surface area (Å²) in [5.41, 5.74) is 8.44. The van der Waals surface area contributed by atoms with Crippen LogP contribution >= 0.6 is 0 Å². The van der Waals surface area contributed by atoms with E-state index in [0.717, 1.165) is 22.6 Å². The molecule has 3 rings (SSSR count). The van der Waals surface area contributed by atoms with Crippen molar-refractivity contribution in [2.75, 3.05) is 0 Å². The predicted octanol–water partition coefficient (Wildman–Crippen LogP) is 2.14. The number of benzene rings is 1. The first-order chi connectivity index (χ1) is 9.58. The van der Waals surface area contributed by atoms with E-state index in [1.165, 1.54) is 0 Å². The molecule has 0 bridgehead atoms. The molecule has 1 amide bonds. The second kappa shape index (κ2) is 4.45. The Labute approximate surface area is 116 Å². The van der Waals surface area contributed by atoms with Crippen molar-refractivity contribution in [2.45, 2.75) is 13.8 Å². The van der Waals surface area contributed by atoms with Crippen molar-refractivity contribution in [1.82, 2.24) is 14.5 Å². The van der Waals surface area contributed by atoms with Crippen molar-refractivity contribution in [3.05, 3.63) is 53.5 Å². The number of pyridine rings is 1. The lowest BCUT2D eigenvalue weighted by atomic mass is 10.2. The summed E-state index contributed by atoms with van der Waals surface area (Å²) in [7, 11) is 0. The smallest absolute Gasteiger partial charge is 0.252 e. The summed E-state index contributed by atoms with van der Waals surface area (Å²) < 4.78 is 1.86. The lowest BCUT2D eigenvalue weighted by Gasteiger charge is -2.10. The summed E-state index contributed by atoms with van der Waals surface area (Å²) in [6.07, 6.45) is 0. The molecule has 0 saturated carbocycles. The molecular weight excluding hydrogens is 252 g/mol. The van der Waals surface area contributed by atoms with Gasteiger partial charge in [0.2, 0.25) is 0 Å². The fraction of sp³-hybridized carbons (Fsp3) is 0.133. The standard InChI is InChI=1S/C15H14N4O/c1-9-7-8-11(14(16)20)15(17-9)19-10(2)18-12-5-3-4-6-13(12)19/h3-8H,1-2H3,(H2,16,20). The maximum Gasteiger partial charge on any atom is 0.252 e. The number of hydrogen-bond donors (Lipinski definition) is 1. The molecule has 2 heterocycles. The summed E-state index contributed by atoms with van der Waals surface area (Å²) >= 11 is 0. The zero-order valence-corrected chi connectivity index (χ0v) is 11.3. The Kier molecular flexibility index (Phi) is 2.75. The summed E-state index contributed by atoms with van der Waals surface area (Å²) in [4.78, 5) is 20.6. The molecular formula is C15H14N4O. The van der Waals surface area contributed by atoms with E-state index < -0.39 is 5.91 Å². The normalized spacial score (nSPS) is 10.9. The van der Waals surface area contributed by atoms with Crippen LogP contribution in [0.2, 0.25) is 0 Å². The minimum absolute atomic E-state index is 0.391. The summed E-state index contributed by atoms with van der Waals surface area (Å²) in [5, 5.41) is 0. The topological polar surface area (TPSA) is 73.8 Å². The van der Waals surface area contributed by atoms with Crippen molar-refractivity contribution in [2.24, 2.45) is 5.73 Å². The highest BCUT2D eigenvalue weighted by atomic mass is 16.1. The molecule has 5 heteroatoms. The van der Waals surface area contributed by atoms with Crippen molar-refractivity contribution in [1.29, 1.82) is 0 Å². The number of nitrogens with two attached hydrogens (primary N) is 1. The van der Waals surface area contributed by atoms with Gasteiger partial charge >= 0.3 is 0 Å². The number of carbonyl (C=O) groups excluding carboxylic acids is 1. The minimum atomic E-state index is -0.496. The van der Waals surface area contributed by atoms with Gasteiger partial charge in [-0.1, -0.05) is 12.1 Å². The number of nitrogens with zero attached hydrogens (tertiary/aromatic N) is 3. The molecule has 0 spiro atoms. The Morgan fingerprint density at radius 2 is 1.85 bits per heavy atom. The molecule has 2 aromatic heterocycles. The highest BCUT2D eigenvalue weighted by Gasteiger charge is 2.16. The molecule has 5 nitrogen and oxygen atoms in total. The van der Waals surface area contributed by atoms with Gasteiger partial charge in [0.25, 0.3) is 5.91 Å². The van der Waals surface area contributed by atoms with Gasteiger partial charge in [-0.15, -0.1) is 0 Å². The molecule has 1 aromatic carbocycles. The van der Waals surface area contributed by atoms with E-state index in [2.05, 4.69) is 9.97 Å². The first-order valence-electron chi connectivity index (χ1n) is 6.30. The van der Waals surface area contributed by atoms with Crippen LogP contribution in [0.25, 0.3) is 16.9 Å². The maximum atomic E-state index is 11.6. The molecule has 0 fully saturated rings. The lowest BCUT2D eigenvalue weighted by Crippen LogP contribution is -2.16. The van der Waals surface area contributed by atoms with Gasteiger partial charge in [0.05, 0.1) is 16.6 Å². The molecule has 0 unspecified atom stereocenters. The maximum absolute atomic E-state index is 11.6. The van der Waals surface area contributed by atoms with E-state index in [1.54, 1.807) is 12.1 Å². The predicted molar refractivity (Wildman–Crippen MR) is 76.9 cm³/mol. The van der Waals surface area contributed by atoms with Gasteiger partial charge in [-0.25, -0.2) is 9.97 Å². The third kappa shape index (κ3) is 1.84. The quantitative estimate of drug-likeness (QED) is 0.772. The van der Waals surface area contributed by atoms with Crippen LogP contribution in [0.1, 0.15) is 21.9 Å². The first kappa shape index (κ1) is 12.3. The molecule has 3 aromatic rings. The minimum Gasteiger partial charge on any atom is -0.365 e. The van der Waals surface area contributed by atoms with Gasteiger partial charge < -0.3 is 5.73 Å². The first-order valence-corrected chi connectivity index (χ1v) is 6.30. The van der Waals surface area contributed by atoms with Crippen molar-refractivity contribution < 1.29 is 4.79 Å². The Morgan fingerprint density at radius 1 is 1.10 bits per heavy atom. The molecule has 0 aliphatic carbocycles. The molecule has 0 atom stereocenters. The molecule has 0 saturated heterocycles. The molecule has 100 valence electrons. The van der Waals surface area contributed by atoms with Gasteiger partial charge in [-0.05, 0) is 38.1 Å². The van der Waals surface area contributed by atoms with E-state index in [4.69, 9.17) is 5.73 Å². The Balaban J connectivity index is 2.39. The Bertz CT molecular complexity index is 820. The van der Waals surface area contributed by atoms with Crippen LogP contribution in [0.3, 0.4) is 0 Å². The van der Waals surface area contributed by atoms with Crippen LogP contribution in [0.15, 0.2) is 36.4 Å².